The molecule has 0 aliphatic carbocycles. The van der Waals surface area contributed by atoms with Gasteiger partial charge in [-0.25, -0.2) is 4.98 Å². The van der Waals surface area contributed by atoms with E-state index in [-0.39, 0.29) is 0 Å². The Morgan fingerprint density at radius 2 is 1.80 bits per heavy atom. The number of rotatable bonds is 5. The molecule has 0 atom stereocenters. The summed E-state index contributed by atoms with van der Waals surface area (Å²) in [5, 5.41) is 0. The molecule has 3 aromatic rings. The van der Waals surface area contributed by atoms with Crippen LogP contribution in [0.4, 0.5) is 0 Å². The van der Waals surface area contributed by atoms with E-state index in [0.717, 1.165) is 31.3 Å². The number of para-hydroxylation sites is 2. The predicted octanol–water partition coefficient (Wildman–Crippen LogP) is 3.63. The Bertz CT molecular complexity index is 686. The molecule has 0 N–H and O–H groups in total. The van der Waals surface area contributed by atoms with E-state index in [4.69, 9.17) is 4.98 Å². The quantitative estimate of drug-likeness (QED) is 0.705. The standard InChI is InChI=1S/C17H19N3/c1-2-5-17-19-15-6-3-4-7-16(15)20(17)13-10-14-8-11-18-12-9-14/h3-4,6-9,11-12H,2,5,10,13H2,1H3. The van der Waals surface area contributed by atoms with E-state index in [1.54, 1.807) is 0 Å². The first-order valence-corrected chi connectivity index (χ1v) is 7.21. The van der Waals surface area contributed by atoms with Crippen molar-refractivity contribution >= 4 is 11.0 Å². The first kappa shape index (κ1) is 12.9. The molecule has 2 heterocycles. The molecule has 1 aromatic carbocycles. The van der Waals surface area contributed by atoms with Gasteiger partial charge in [0, 0.05) is 25.4 Å². The van der Waals surface area contributed by atoms with E-state index in [0.29, 0.717) is 0 Å². The van der Waals surface area contributed by atoms with Gasteiger partial charge in [-0.2, -0.15) is 0 Å². The molecule has 0 unspecified atom stereocenters. The number of aromatic nitrogens is 3. The molecule has 0 fully saturated rings. The molecule has 0 saturated carbocycles. The van der Waals surface area contributed by atoms with Crippen LogP contribution in [-0.4, -0.2) is 14.5 Å². The van der Waals surface area contributed by atoms with Crippen LogP contribution < -0.4 is 0 Å². The van der Waals surface area contributed by atoms with Crippen LogP contribution in [0.1, 0.15) is 24.7 Å². The molecule has 0 aliphatic heterocycles. The maximum atomic E-state index is 4.77. The van der Waals surface area contributed by atoms with Crippen LogP contribution >= 0.6 is 0 Å². The fourth-order valence-corrected chi connectivity index (χ4v) is 2.58. The minimum Gasteiger partial charge on any atom is -0.328 e. The number of fused-ring (bicyclic) bond motifs is 1. The average molecular weight is 265 g/mol. The van der Waals surface area contributed by atoms with Crippen molar-refractivity contribution in [2.24, 2.45) is 0 Å². The molecule has 2 aromatic heterocycles. The normalized spacial score (nSPS) is 11.1. The maximum Gasteiger partial charge on any atom is 0.109 e. The van der Waals surface area contributed by atoms with Gasteiger partial charge in [0.25, 0.3) is 0 Å². The molecule has 0 bridgehead atoms. The molecule has 0 aliphatic rings. The van der Waals surface area contributed by atoms with Gasteiger partial charge in [0.15, 0.2) is 0 Å². The number of benzene rings is 1. The van der Waals surface area contributed by atoms with Crippen LogP contribution in [0.25, 0.3) is 11.0 Å². The number of hydrogen-bond donors (Lipinski definition) is 0. The summed E-state index contributed by atoms with van der Waals surface area (Å²) >= 11 is 0. The molecule has 102 valence electrons. The predicted molar refractivity (Wildman–Crippen MR) is 81.7 cm³/mol. The van der Waals surface area contributed by atoms with Crippen molar-refractivity contribution in [3.05, 3.63) is 60.2 Å². The molecule has 0 amide bonds. The van der Waals surface area contributed by atoms with Gasteiger partial charge in [-0.3, -0.25) is 4.98 Å². The zero-order valence-electron chi connectivity index (χ0n) is 11.8. The molecule has 0 radical (unpaired) electrons. The summed E-state index contributed by atoms with van der Waals surface area (Å²) in [5.74, 6) is 1.20. The third-order valence-electron chi connectivity index (χ3n) is 3.58. The zero-order valence-corrected chi connectivity index (χ0v) is 11.8. The summed E-state index contributed by atoms with van der Waals surface area (Å²) in [5.41, 5.74) is 3.66. The van der Waals surface area contributed by atoms with Crippen molar-refractivity contribution in [1.82, 2.24) is 14.5 Å². The van der Waals surface area contributed by atoms with Crippen molar-refractivity contribution in [3.63, 3.8) is 0 Å². The van der Waals surface area contributed by atoms with Gasteiger partial charge in [0.1, 0.15) is 5.82 Å². The van der Waals surface area contributed by atoms with Gasteiger partial charge < -0.3 is 4.57 Å². The van der Waals surface area contributed by atoms with Gasteiger partial charge in [-0.05, 0) is 42.7 Å². The topological polar surface area (TPSA) is 30.7 Å². The van der Waals surface area contributed by atoms with Gasteiger partial charge >= 0.3 is 0 Å². The lowest BCUT2D eigenvalue weighted by molar-refractivity contribution is 0.658. The van der Waals surface area contributed by atoms with Gasteiger partial charge in [-0.1, -0.05) is 19.1 Å². The lowest BCUT2D eigenvalue weighted by atomic mass is 10.2. The first-order chi connectivity index (χ1) is 9.88. The third-order valence-corrected chi connectivity index (χ3v) is 3.58. The fraction of sp³-hybridized carbons (Fsp3) is 0.294. The monoisotopic (exact) mass is 265 g/mol. The van der Waals surface area contributed by atoms with Crippen LogP contribution in [0.2, 0.25) is 0 Å². The number of nitrogens with zero attached hydrogens (tertiary/aromatic N) is 3. The summed E-state index contributed by atoms with van der Waals surface area (Å²) in [6, 6.07) is 12.6. The van der Waals surface area contributed by atoms with E-state index < -0.39 is 0 Å². The van der Waals surface area contributed by atoms with E-state index in [2.05, 4.69) is 52.9 Å². The number of hydrogen-bond acceptors (Lipinski definition) is 2. The second-order valence-corrected chi connectivity index (χ2v) is 5.02. The molecular formula is C17H19N3. The second kappa shape index (κ2) is 5.87. The zero-order chi connectivity index (χ0) is 13.8. The Morgan fingerprint density at radius 1 is 1.00 bits per heavy atom. The van der Waals surface area contributed by atoms with Crippen molar-refractivity contribution in [2.45, 2.75) is 32.7 Å². The molecule has 0 saturated heterocycles. The lowest BCUT2D eigenvalue weighted by Crippen LogP contribution is -2.06. The summed E-state index contributed by atoms with van der Waals surface area (Å²) in [4.78, 5) is 8.83. The van der Waals surface area contributed by atoms with Crippen LogP contribution in [-0.2, 0) is 19.4 Å². The number of pyridine rings is 1. The fourth-order valence-electron chi connectivity index (χ4n) is 2.58. The minimum absolute atomic E-state index is 0.972. The largest absolute Gasteiger partial charge is 0.328 e. The SMILES string of the molecule is CCCc1nc2ccccc2n1CCc1ccncc1. The number of aryl methyl sites for hydroxylation is 3. The highest BCUT2D eigenvalue weighted by molar-refractivity contribution is 5.75. The summed E-state index contributed by atoms with van der Waals surface area (Å²) < 4.78 is 2.36. The Morgan fingerprint density at radius 3 is 2.60 bits per heavy atom. The summed E-state index contributed by atoms with van der Waals surface area (Å²) in [6.45, 7) is 3.17. The molecule has 0 spiro atoms. The lowest BCUT2D eigenvalue weighted by Gasteiger charge is -2.08. The van der Waals surface area contributed by atoms with E-state index in [1.165, 1.54) is 16.9 Å². The molecule has 3 nitrogen and oxygen atoms in total. The smallest absolute Gasteiger partial charge is 0.109 e. The Kier molecular flexibility index (Phi) is 3.77. The van der Waals surface area contributed by atoms with Crippen LogP contribution in [0.15, 0.2) is 48.8 Å². The molecule has 3 heteroatoms. The third kappa shape index (κ3) is 2.57. The Balaban J connectivity index is 1.90. The molecule has 20 heavy (non-hydrogen) atoms. The van der Waals surface area contributed by atoms with Gasteiger partial charge in [0.05, 0.1) is 11.0 Å². The van der Waals surface area contributed by atoms with Crippen molar-refractivity contribution in [2.75, 3.05) is 0 Å². The first-order valence-electron chi connectivity index (χ1n) is 7.21. The number of imidazole rings is 1. The summed E-state index contributed by atoms with van der Waals surface area (Å²) in [7, 11) is 0. The van der Waals surface area contributed by atoms with Crippen molar-refractivity contribution in [1.29, 1.82) is 0 Å². The molecule has 3 rings (SSSR count). The minimum atomic E-state index is 0.972. The van der Waals surface area contributed by atoms with Crippen LogP contribution in [0, 0.1) is 0 Å². The van der Waals surface area contributed by atoms with E-state index in [1.807, 2.05) is 12.4 Å². The second-order valence-electron chi connectivity index (χ2n) is 5.02. The van der Waals surface area contributed by atoms with Crippen molar-refractivity contribution in [3.8, 4) is 0 Å². The van der Waals surface area contributed by atoms with E-state index >= 15 is 0 Å². The molecular weight excluding hydrogens is 246 g/mol. The highest BCUT2D eigenvalue weighted by Gasteiger charge is 2.09. The highest BCUT2D eigenvalue weighted by Crippen LogP contribution is 2.18. The Hall–Kier alpha value is -2.16. The van der Waals surface area contributed by atoms with E-state index in [9.17, 15) is 0 Å². The average Bonchev–Trinajstić information content (AvgIpc) is 2.84. The Labute approximate surface area is 119 Å². The van der Waals surface area contributed by atoms with Gasteiger partial charge in [0.2, 0.25) is 0 Å². The highest BCUT2D eigenvalue weighted by atomic mass is 15.1. The van der Waals surface area contributed by atoms with Gasteiger partial charge in [-0.15, -0.1) is 0 Å². The van der Waals surface area contributed by atoms with Crippen LogP contribution in [0.5, 0.6) is 0 Å². The summed E-state index contributed by atoms with van der Waals surface area (Å²) in [6.07, 6.45) is 6.88. The van der Waals surface area contributed by atoms with Crippen molar-refractivity contribution < 1.29 is 0 Å². The van der Waals surface area contributed by atoms with Crippen LogP contribution in [0.3, 0.4) is 0 Å². The maximum absolute atomic E-state index is 4.77.